The predicted molar refractivity (Wildman–Crippen MR) is 62.5 cm³/mol. The van der Waals surface area contributed by atoms with Gasteiger partial charge in [-0.3, -0.25) is 0 Å². The maximum absolute atomic E-state index is 13.2. The van der Waals surface area contributed by atoms with Crippen molar-refractivity contribution >= 4 is 0 Å². The first kappa shape index (κ1) is 12.2. The molecule has 1 aromatic rings. The summed E-state index contributed by atoms with van der Waals surface area (Å²) >= 11 is 0. The van der Waals surface area contributed by atoms with E-state index in [1.54, 1.807) is 6.07 Å². The third-order valence-corrected chi connectivity index (χ3v) is 2.64. The van der Waals surface area contributed by atoms with Crippen LogP contribution in [0.1, 0.15) is 43.9 Å². The van der Waals surface area contributed by atoms with Crippen LogP contribution in [0.2, 0.25) is 0 Å². The van der Waals surface area contributed by atoms with Crippen LogP contribution in [-0.4, -0.2) is 6.54 Å². The second kappa shape index (κ2) is 5.86. The fourth-order valence-corrected chi connectivity index (χ4v) is 1.89. The van der Waals surface area contributed by atoms with Crippen molar-refractivity contribution in [3.63, 3.8) is 0 Å². The van der Waals surface area contributed by atoms with Crippen molar-refractivity contribution in [3.8, 4) is 0 Å². The van der Waals surface area contributed by atoms with Gasteiger partial charge in [0.1, 0.15) is 5.82 Å². The summed E-state index contributed by atoms with van der Waals surface area (Å²) in [5, 5.41) is 3.40. The van der Waals surface area contributed by atoms with Crippen molar-refractivity contribution in [2.75, 3.05) is 6.54 Å². The molecule has 0 spiro atoms. The molecule has 1 unspecified atom stereocenters. The standard InChI is InChI=1S/C13H20FN/c1-4-6-13(15-5-2)12-9-11(14)8-7-10(12)3/h7-9,13,15H,4-6H2,1-3H3. The Morgan fingerprint density at radius 1 is 1.33 bits per heavy atom. The van der Waals surface area contributed by atoms with Crippen LogP contribution in [0.25, 0.3) is 0 Å². The second-order valence-corrected chi connectivity index (χ2v) is 3.90. The number of hydrogen-bond acceptors (Lipinski definition) is 1. The SMILES string of the molecule is CCCC(NCC)c1cc(F)ccc1C. The summed E-state index contributed by atoms with van der Waals surface area (Å²) in [6.07, 6.45) is 2.16. The Morgan fingerprint density at radius 3 is 2.67 bits per heavy atom. The third-order valence-electron chi connectivity index (χ3n) is 2.64. The molecule has 0 saturated carbocycles. The van der Waals surface area contributed by atoms with E-state index in [1.807, 2.05) is 13.0 Å². The molecule has 0 aromatic heterocycles. The molecule has 1 atom stereocenters. The Bertz CT molecular complexity index is 303. The number of benzene rings is 1. The van der Waals surface area contributed by atoms with E-state index in [1.165, 1.54) is 6.07 Å². The maximum atomic E-state index is 13.2. The second-order valence-electron chi connectivity index (χ2n) is 3.90. The van der Waals surface area contributed by atoms with E-state index < -0.39 is 0 Å². The number of aryl methyl sites for hydroxylation is 1. The molecule has 15 heavy (non-hydrogen) atoms. The number of halogens is 1. The van der Waals surface area contributed by atoms with Gasteiger partial charge in [-0.1, -0.05) is 26.3 Å². The zero-order chi connectivity index (χ0) is 11.3. The summed E-state index contributed by atoms with van der Waals surface area (Å²) in [5.41, 5.74) is 2.26. The molecule has 0 aliphatic carbocycles. The highest BCUT2D eigenvalue weighted by Gasteiger charge is 2.12. The molecule has 0 bridgehead atoms. The summed E-state index contributed by atoms with van der Waals surface area (Å²) in [4.78, 5) is 0. The topological polar surface area (TPSA) is 12.0 Å². The van der Waals surface area contributed by atoms with Gasteiger partial charge in [0.05, 0.1) is 0 Å². The van der Waals surface area contributed by atoms with E-state index in [-0.39, 0.29) is 11.9 Å². The van der Waals surface area contributed by atoms with Crippen molar-refractivity contribution in [2.24, 2.45) is 0 Å². The molecule has 0 radical (unpaired) electrons. The molecule has 0 amide bonds. The van der Waals surface area contributed by atoms with E-state index in [4.69, 9.17) is 0 Å². The first-order valence-electron chi connectivity index (χ1n) is 5.68. The van der Waals surface area contributed by atoms with Gasteiger partial charge in [0, 0.05) is 6.04 Å². The highest BCUT2D eigenvalue weighted by Crippen LogP contribution is 2.22. The smallest absolute Gasteiger partial charge is 0.123 e. The molecule has 0 saturated heterocycles. The molecule has 0 aliphatic rings. The molecule has 1 aromatic carbocycles. The molecule has 1 N–H and O–H groups in total. The van der Waals surface area contributed by atoms with Gasteiger partial charge in [0.25, 0.3) is 0 Å². The van der Waals surface area contributed by atoms with E-state index in [2.05, 4.69) is 19.2 Å². The van der Waals surface area contributed by atoms with Gasteiger partial charge >= 0.3 is 0 Å². The molecule has 0 aliphatic heterocycles. The lowest BCUT2D eigenvalue weighted by Gasteiger charge is -2.19. The molecular weight excluding hydrogens is 189 g/mol. The van der Waals surface area contributed by atoms with Crippen molar-refractivity contribution in [3.05, 3.63) is 35.1 Å². The summed E-state index contributed by atoms with van der Waals surface area (Å²) < 4.78 is 13.2. The lowest BCUT2D eigenvalue weighted by Crippen LogP contribution is -2.21. The predicted octanol–water partition coefficient (Wildman–Crippen LogP) is 3.58. The number of nitrogens with one attached hydrogen (secondary N) is 1. The van der Waals surface area contributed by atoms with E-state index in [9.17, 15) is 4.39 Å². The summed E-state index contributed by atoms with van der Waals surface area (Å²) in [5.74, 6) is -0.144. The molecule has 1 rings (SSSR count). The minimum Gasteiger partial charge on any atom is -0.310 e. The minimum atomic E-state index is -0.144. The molecule has 84 valence electrons. The largest absolute Gasteiger partial charge is 0.310 e. The fourth-order valence-electron chi connectivity index (χ4n) is 1.89. The van der Waals surface area contributed by atoms with Crippen LogP contribution in [0.4, 0.5) is 4.39 Å². The van der Waals surface area contributed by atoms with Gasteiger partial charge in [-0.05, 0) is 43.1 Å². The molecular formula is C13H20FN. The monoisotopic (exact) mass is 209 g/mol. The quantitative estimate of drug-likeness (QED) is 0.781. The third kappa shape index (κ3) is 3.31. The molecule has 0 fully saturated rings. The van der Waals surface area contributed by atoms with Crippen molar-refractivity contribution in [2.45, 2.75) is 39.7 Å². The molecule has 1 nitrogen and oxygen atoms in total. The zero-order valence-corrected chi connectivity index (χ0v) is 9.81. The number of rotatable bonds is 5. The zero-order valence-electron chi connectivity index (χ0n) is 9.81. The normalized spacial score (nSPS) is 12.8. The van der Waals surface area contributed by atoms with Crippen LogP contribution in [-0.2, 0) is 0 Å². The van der Waals surface area contributed by atoms with Crippen molar-refractivity contribution in [1.82, 2.24) is 5.32 Å². The maximum Gasteiger partial charge on any atom is 0.123 e. The van der Waals surface area contributed by atoms with Gasteiger partial charge in [0.2, 0.25) is 0 Å². The minimum absolute atomic E-state index is 0.144. The van der Waals surface area contributed by atoms with Gasteiger partial charge in [-0.25, -0.2) is 4.39 Å². The van der Waals surface area contributed by atoms with Crippen LogP contribution in [0.15, 0.2) is 18.2 Å². The van der Waals surface area contributed by atoms with E-state index in [0.717, 1.165) is 30.5 Å². The number of hydrogen-bond donors (Lipinski definition) is 1. The highest BCUT2D eigenvalue weighted by molar-refractivity contribution is 5.29. The molecule has 0 heterocycles. The van der Waals surface area contributed by atoms with Gasteiger partial charge in [-0.2, -0.15) is 0 Å². The van der Waals surface area contributed by atoms with Crippen LogP contribution >= 0.6 is 0 Å². The van der Waals surface area contributed by atoms with Crippen molar-refractivity contribution < 1.29 is 4.39 Å². The lowest BCUT2D eigenvalue weighted by atomic mass is 9.97. The van der Waals surface area contributed by atoms with Gasteiger partial charge < -0.3 is 5.32 Å². The summed E-state index contributed by atoms with van der Waals surface area (Å²) in [6.45, 7) is 7.19. The molecule has 2 heteroatoms. The van der Waals surface area contributed by atoms with Crippen molar-refractivity contribution in [1.29, 1.82) is 0 Å². The van der Waals surface area contributed by atoms with Crippen LogP contribution < -0.4 is 5.32 Å². The first-order valence-corrected chi connectivity index (χ1v) is 5.68. The van der Waals surface area contributed by atoms with Gasteiger partial charge in [-0.15, -0.1) is 0 Å². The van der Waals surface area contributed by atoms with E-state index >= 15 is 0 Å². The van der Waals surface area contributed by atoms with Crippen LogP contribution in [0.5, 0.6) is 0 Å². The lowest BCUT2D eigenvalue weighted by molar-refractivity contribution is 0.503. The van der Waals surface area contributed by atoms with E-state index in [0.29, 0.717) is 0 Å². The highest BCUT2D eigenvalue weighted by atomic mass is 19.1. The summed E-state index contributed by atoms with van der Waals surface area (Å²) in [6, 6.07) is 5.31. The van der Waals surface area contributed by atoms with Crippen LogP contribution in [0.3, 0.4) is 0 Å². The Morgan fingerprint density at radius 2 is 2.07 bits per heavy atom. The van der Waals surface area contributed by atoms with Gasteiger partial charge in [0.15, 0.2) is 0 Å². The van der Waals surface area contributed by atoms with Crippen LogP contribution in [0, 0.1) is 12.7 Å². The Balaban J connectivity index is 2.93. The Labute approximate surface area is 91.7 Å². The average Bonchev–Trinajstić information content (AvgIpc) is 2.21. The Hall–Kier alpha value is -0.890. The fraction of sp³-hybridized carbons (Fsp3) is 0.538. The summed E-state index contributed by atoms with van der Waals surface area (Å²) in [7, 11) is 0. The average molecular weight is 209 g/mol. The first-order chi connectivity index (χ1) is 7.19. The Kier molecular flexibility index (Phi) is 4.76.